The van der Waals surface area contributed by atoms with E-state index in [9.17, 15) is 23.1 Å². The molecule has 0 atom stereocenters. The summed E-state index contributed by atoms with van der Waals surface area (Å²) in [7, 11) is 0. The summed E-state index contributed by atoms with van der Waals surface area (Å²) < 4.78 is 40.8. The van der Waals surface area contributed by atoms with E-state index in [1.165, 1.54) is 18.2 Å². The van der Waals surface area contributed by atoms with Crippen LogP contribution in [-0.4, -0.2) is 16.1 Å². The minimum Gasteiger partial charge on any atom is -0.478 e. The van der Waals surface area contributed by atoms with Gasteiger partial charge in [-0.3, -0.25) is 0 Å². The minimum atomic E-state index is -1.57. The fourth-order valence-corrected chi connectivity index (χ4v) is 3.36. The average molecular weight is 388 g/mol. The van der Waals surface area contributed by atoms with Gasteiger partial charge in [0.15, 0.2) is 17.5 Å². The fraction of sp³-hybridized carbons (Fsp3) is 0. The summed E-state index contributed by atoms with van der Waals surface area (Å²) in [5.74, 6) is -5.37. The Kier molecular flexibility index (Phi) is 4.00. The van der Waals surface area contributed by atoms with Crippen molar-refractivity contribution in [3.63, 3.8) is 0 Å². The molecule has 3 nitrogen and oxygen atoms in total. The number of pyridine rings is 1. The van der Waals surface area contributed by atoms with Crippen LogP contribution in [0.1, 0.15) is 10.4 Å². The lowest BCUT2D eigenvalue weighted by Gasteiger charge is -2.11. The molecule has 1 N–H and O–H groups in total. The number of carboxylic acids is 1. The van der Waals surface area contributed by atoms with E-state index >= 15 is 0 Å². The third-order valence-corrected chi connectivity index (χ3v) is 4.62. The van der Waals surface area contributed by atoms with E-state index in [-0.39, 0.29) is 27.2 Å². The molecule has 134 valence electrons. The molecule has 27 heavy (non-hydrogen) atoms. The predicted molar refractivity (Wildman–Crippen MR) is 96.5 cm³/mol. The van der Waals surface area contributed by atoms with Gasteiger partial charge in [0, 0.05) is 16.3 Å². The number of rotatable bonds is 2. The first-order chi connectivity index (χ1) is 12.9. The molecule has 0 fully saturated rings. The lowest BCUT2D eigenvalue weighted by molar-refractivity contribution is 0.0701. The highest BCUT2D eigenvalue weighted by Crippen LogP contribution is 2.34. The zero-order valence-corrected chi connectivity index (χ0v) is 14.2. The number of hydrogen-bond donors (Lipinski definition) is 1. The van der Waals surface area contributed by atoms with Crippen LogP contribution in [0.3, 0.4) is 0 Å². The molecular weight excluding hydrogens is 379 g/mol. The van der Waals surface area contributed by atoms with Gasteiger partial charge in [0.25, 0.3) is 0 Å². The maximum absolute atomic E-state index is 14.1. The Hall–Kier alpha value is -3.12. The number of carboxylic acid groups (broad SMARTS) is 1. The average Bonchev–Trinajstić information content (AvgIpc) is 2.64. The van der Waals surface area contributed by atoms with Crippen molar-refractivity contribution in [2.75, 3.05) is 0 Å². The third-order valence-electron chi connectivity index (χ3n) is 4.31. The van der Waals surface area contributed by atoms with Crippen molar-refractivity contribution in [3.05, 3.63) is 76.6 Å². The monoisotopic (exact) mass is 387 g/mol. The van der Waals surface area contributed by atoms with E-state index in [2.05, 4.69) is 4.98 Å². The molecule has 0 unspecified atom stereocenters. The topological polar surface area (TPSA) is 50.2 Å². The third kappa shape index (κ3) is 2.69. The molecule has 0 radical (unpaired) electrons. The fourth-order valence-electron chi connectivity index (χ4n) is 3.09. The van der Waals surface area contributed by atoms with Gasteiger partial charge in [0.05, 0.1) is 21.6 Å². The first-order valence-corrected chi connectivity index (χ1v) is 8.15. The summed E-state index contributed by atoms with van der Waals surface area (Å²) in [4.78, 5) is 16.2. The molecule has 0 saturated heterocycles. The van der Waals surface area contributed by atoms with E-state index < -0.39 is 23.4 Å². The van der Waals surface area contributed by atoms with Gasteiger partial charge in [-0.15, -0.1) is 0 Å². The standard InChI is InChI=1S/C20H9ClF3NO2/c21-12-2-1-3-14-17(12)16(20(26)27)11-5-4-9(8-15(11)25-14)10-6-7-13(22)19(24)18(10)23/h1-8H,(H,26,27). The van der Waals surface area contributed by atoms with Gasteiger partial charge >= 0.3 is 5.97 Å². The number of aromatic nitrogens is 1. The molecule has 3 aromatic carbocycles. The van der Waals surface area contributed by atoms with Gasteiger partial charge in [-0.2, -0.15) is 0 Å². The molecular formula is C20H9ClF3NO2. The molecule has 0 amide bonds. The highest BCUT2D eigenvalue weighted by Gasteiger charge is 2.19. The molecule has 4 rings (SSSR count). The Balaban J connectivity index is 2.06. The predicted octanol–water partition coefficient (Wildman–Crippen LogP) is 5.82. The van der Waals surface area contributed by atoms with Gasteiger partial charge in [-0.25, -0.2) is 22.9 Å². The molecule has 1 heterocycles. The maximum atomic E-state index is 14.1. The molecule has 1 aromatic heterocycles. The van der Waals surface area contributed by atoms with E-state index in [4.69, 9.17) is 11.6 Å². The number of fused-ring (bicyclic) bond motifs is 2. The number of nitrogens with zero attached hydrogens (tertiary/aromatic N) is 1. The minimum absolute atomic E-state index is 0.0297. The summed E-state index contributed by atoms with van der Waals surface area (Å²) in [5.41, 5.74) is 0.682. The lowest BCUT2D eigenvalue weighted by Crippen LogP contribution is -2.02. The lowest BCUT2D eigenvalue weighted by atomic mass is 9.98. The molecule has 0 aliphatic heterocycles. The van der Waals surface area contributed by atoms with E-state index in [0.717, 1.165) is 12.1 Å². The largest absolute Gasteiger partial charge is 0.478 e. The Morgan fingerprint density at radius 2 is 1.74 bits per heavy atom. The summed E-state index contributed by atoms with van der Waals surface area (Å²) in [6, 6.07) is 11.1. The van der Waals surface area contributed by atoms with Crippen molar-refractivity contribution in [2.45, 2.75) is 0 Å². The Morgan fingerprint density at radius 3 is 2.48 bits per heavy atom. The molecule has 0 saturated carbocycles. The summed E-state index contributed by atoms with van der Waals surface area (Å²) >= 11 is 6.16. The summed E-state index contributed by atoms with van der Waals surface area (Å²) in [6.07, 6.45) is 0. The normalized spacial score (nSPS) is 11.3. The quantitative estimate of drug-likeness (QED) is 0.348. The number of halogens is 4. The van der Waals surface area contributed by atoms with Crippen LogP contribution in [-0.2, 0) is 0 Å². The van der Waals surface area contributed by atoms with Gasteiger partial charge in [-0.1, -0.05) is 29.8 Å². The molecule has 0 bridgehead atoms. The van der Waals surface area contributed by atoms with Crippen molar-refractivity contribution < 1.29 is 23.1 Å². The second-order valence-corrected chi connectivity index (χ2v) is 6.29. The number of benzene rings is 3. The maximum Gasteiger partial charge on any atom is 0.337 e. The second kappa shape index (κ2) is 6.25. The summed E-state index contributed by atoms with van der Waals surface area (Å²) in [6.45, 7) is 0. The van der Waals surface area contributed by atoms with Crippen LogP contribution in [0.15, 0.2) is 48.5 Å². The van der Waals surface area contributed by atoms with Crippen LogP contribution < -0.4 is 0 Å². The second-order valence-electron chi connectivity index (χ2n) is 5.88. The van der Waals surface area contributed by atoms with Crippen molar-refractivity contribution in [1.29, 1.82) is 0 Å². The Morgan fingerprint density at radius 1 is 0.963 bits per heavy atom. The smallest absolute Gasteiger partial charge is 0.337 e. The van der Waals surface area contributed by atoms with Gasteiger partial charge in [0.1, 0.15) is 0 Å². The number of carbonyl (C=O) groups is 1. The first kappa shape index (κ1) is 17.3. The highest BCUT2D eigenvalue weighted by atomic mass is 35.5. The van der Waals surface area contributed by atoms with Crippen LogP contribution in [0.4, 0.5) is 13.2 Å². The van der Waals surface area contributed by atoms with Gasteiger partial charge < -0.3 is 5.11 Å². The zero-order valence-electron chi connectivity index (χ0n) is 13.4. The van der Waals surface area contributed by atoms with E-state index in [1.54, 1.807) is 18.2 Å². The molecule has 0 spiro atoms. The van der Waals surface area contributed by atoms with Crippen LogP contribution in [0.5, 0.6) is 0 Å². The van der Waals surface area contributed by atoms with Crippen LogP contribution >= 0.6 is 11.6 Å². The van der Waals surface area contributed by atoms with Crippen molar-refractivity contribution in [3.8, 4) is 11.1 Å². The molecule has 4 aromatic rings. The van der Waals surface area contributed by atoms with Gasteiger partial charge in [0.2, 0.25) is 0 Å². The van der Waals surface area contributed by atoms with Crippen molar-refractivity contribution >= 4 is 39.4 Å². The molecule has 7 heteroatoms. The van der Waals surface area contributed by atoms with Crippen LogP contribution in [0, 0.1) is 17.5 Å². The van der Waals surface area contributed by atoms with Crippen LogP contribution in [0.2, 0.25) is 5.02 Å². The number of hydrogen-bond acceptors (Lipinski definition) is 2. The molecule has 0 aliphatic carbocycles. The van der Waals surface area contributed by atoms with Gasteiger partial charge in [-0.05, 0) is 35.9 Å². The summed E-state index contributed by atoms with van der Waals surface area (Å²) in [5, 5.41) is 10.5. The molecule has 0 aliphatic rings. The van der Waals surface area contributed by atoms with Crippen molar-refractivity contribution in [2.24, 2.45) is 0 Å². The highest BCUT2D eigenvalue weighted by molar-refractivity contribution is 6.37. The Labute approximate surface area is 155 Å². The van der Waals surface area contributed by atoms with Crippen molar-refractivity contribution in [1.82, 2.24) is 4.98 Å². The first-order valence-electron chi connectivity index (χ1n) is 7.77. The Bertz CT molecular complexity index is 1260. The van der Waals surface area contributed by atoms with E-state index in [0.29, 0.717) is 16.3 Å². The van der Waals surface area contributed by atoms with Crippen LogP contribution in [0.25, 0.3) is 32.9 Å². The van der Waals surface area contributed by atoms with E-state index in [1.807, 2.05) is 0 Å². The zero-order chi connectivity index (χ0) is 19.3. The SMILES string of the molecule is O=C(O)c1c2ccc(-c3ccc(F)c(F)c3F)cc2nc2cccc(Cl)c12. The number of aromatic carboxylic acids is 1.